The number of carbonyl (C=O) groups is 3. The van der Waals surface area contributed by atoms with Crippen molar-refractivity contribution in [2.24, 2.45) is 17.8 Å². The number of hydrogen-bond donors (Lipinski definition) is 3. The van der Waals surface area contributed by atoms with E-state index in [1.807, 2.05) is 13.8 Å². The van der Waals surface area contributed by atoms with Gasteiger partial charge in [-0.05, 0) is 33.1 Å². The van der Waals surface area contributed by atoms with Crippen molar-refractivity contribution in [3.8, 4) is 0 Å². The van der Waals surface area contributed by atoms with Gasteiger partial charge in [0.05, 0.1) is 19.1 Å². The van der Waals surface area contributed by atoms with E-state index in [4.69, 9.17) is 9.47 Å². The third-order valence-corrected chi connectivity index (χ3v) is 5.33. The van der Waals surface area contributed by atoms with Crippen molar-refractivity contribution >= 4 is 18.0 Å². The van der Waals surface area contributed by atoms with Gasteiger partial charge in [-0.3, -0.25) is 9.59 Å². The zero-order valence-electron chi connectivity index (χ0n) is 18.1. The van der Waals surface area contributed by atoms with E-state index in [1.165, 1.54) is 14.0 Å². The molecular formula is C20H36N2O6. The summed E-state index contributed by atoms with van der Waals surface area (Å²) < 4.78 is 10.2. The topological polar surface area (TPSA) is 114 Å². The zero-order valence-corrected chi connectivity index (χ0v) is 18.1. The van der Waals surface area contributed by atoms with Crippen LogP contribution in [0.3, 0.4) is 0 Å². The second kappa shape index (κ2) is 10.1. The molecule has 5 atom stereocenters. The first-order valence-corrected chi connectivity index (χ1v) is 9.97. The van der Waals surface area contributed by atoms with Crippen molar-refractivity contribution in [3.05, 3.63) is 0 Å². The van der Waals surface area contributed by atoms with Crippen LogP contribution in [0.25, 0.3) is 0 Å². The summed E-state index contributed by atoms with van der Waals surface area (Å²) in [6.45, 7) is 10.7. The Balaban J connectivity index is 3.21. The van der Waals surface area contributed by atoms with Gasteiger partial charge in [0.1, 0.15) is 5.60 Å². The lowest BCUT2D eigenvalue weighted by Crippen LogP contribution is -2.54. The van der Waals surface area contributed by atoms with Crippen LogP contribution in [-0.4, -0.2) is 54.0 Å². The van der Waals surface area contributed by atoms with E-state index in [9.17, 15) is 19.5 Å². The first kappa shape index (κ1) is 24.2. The first-order chi connectivity index (χ1) is 12.9. The number of rotatable bonds is 7. The average molecular weight is 401 g/mol. The van der Waals surface area contributed by atoms with Gasteiger partial charge in [-0.1, -0.05) is 26.7 Å². The Bertz CT molecular complexity index is 555. The molecule has 0 aliphatic heterocycles. The predicted molar refractivity (Wildman–Crippen MR) is 104 cm³/mol. The second-order valence-electron chi connectivity index (χ2n) is 8.49. The standard InChI is InChI=1S/C20H36N2O6/c1-8-12(9-2)16(21-11(3)23)15-14(22-19(26)28-20(4,5)6)10-13(17(15)24)18(25)27-7/h12-17,24H,8-10H2,1-7H3,(H,21,23)(H,22,26)/t13-,14+,15+,16+,17+/m1/s1. The summed E-state index contributed by atoms with van der Waals surface area (Å²) in [6.07, 6.45) is 0.115. The third kappa shape index (κ3) is 6.36. The molecule has 1 rings (SSSR count). The molecule has 162 valence electrons. The maximum Gasteiger partial charge on any atom is 0.407 e. The minimum atomic E-state index is -1.05. The first-order valence-electron chi connectivity index (χ1n) is 9.97. The zero-order chi connectivity index (χ0) is 21.6. The smallest absolute Gasteiger partial charge is 0.407 e. The number of aliphatic hydroxyl groups excluding tert-OH is 1. The molecule has 8 nitrogen and oxygen atoms in total. The number of amides is 2. The van der Waals surface area contributed by atoms with Crippen molar-refractivity contribution in [3.63, 3.8) is 0 Å². The van der Waals surface area contributed by atoms with Gasteiger partial charge >= 0.3 is 12.1 Å². The molecule has 0 aromatic carbocycles. The van der Waals surface area contributed by atoms with Gasteiger partial charge in [-0.15, -0.1) is 0 Å². The van der Waals surface area contributed by atoms with Crippen LogP contribution in [0.4, 0.5) is 4.79 Å². The fraction of sp³-hybridized carbons (Fsp3) is 0.850. The van der Waals surface area contributed by atoms with Crippen molar-refractivity contribution in [2.75, 3.05) is 7.11 Å². The summed E-state index contributed by atoms with van der Waals surface area (Å²) in [6, 6.07) is -0.927. The number of ether oxygens (including phenoxy) is 2. The van der Waals surface area contributed by atoms with Crippen LogP contribution in [0.2, 0.25) is 0 Å². The van der Waals surface area contributed by atoms with Gasteiger partial charge in [0.15, 0.2) is 0 Å². The molecule has 0 bridgehead atoms. The number of hydrogen-bond acceptors (Lipinski definition) is 6. The molecule has 0 aromatic heterocycles. The molecule has 1 aliphatic rings. The highest BCUT2D eigenvalue weighted by Gasteiger charge is 2.51. The molecule has 2 amide bonds. The number of alkyl carbamates (subject to hydrolysis) is 1. The monoisotopic (exact) mass is 400 g/mol. The van der Waals surface area contributed by atoms with Crippen LogP contribution in [0, 0.1) is 17.8 Å². The fourth-order valence-electron chi connectivity index (χ4n) is 4.10. The summed E-state index contributed by atoms with van der Waals surface area (Å²) in [4.78, 5) is 36.4. The normalized spacial score (nSPS) is 25.9. The van der Waals surface area contributed by atoms with E-state index in [0.29, 0.717) is 0 Å². The molecule has 0 radical (unpaired) electrons. The van der Waals surface area contributed by atoms with Crippen molar-refractivity contribution in [1.29, 1.82) is 0 Å². The van der Waals surface area contributed by atoms with E-state index >= 15 is 0 Å². The van der Waals surface area contributed by atoms with Crippen molar-refractivity contribution < 1.29 is 29.0 Å². The Morgan fingerprint density at radius 3 is 2.18 bits per heavy atom. The highest BCUT2D eigenvalue weighted by Crippen LogP contribution is 2.38. The SMILES string of the molecule is CCC(CC)[C@H](NC(C)=O)[C@H]1[C@@H](O)[C@H](C(=O)OC)C[C@@H]1NC(=O)OC(C)(C)C. The Kier molecular flexibility index (Phi) is 8.73. The molecule has 1 fully saturated rings. The quantitative estimate of drug-likeness (QED) is 0.563. The minimum absolute atomic E-state index is 0.0860. The lowest BCUT2D eigenvalue weighted by molar-refractivity contribution is -0.149. The molecule has 8 heteroatoms. The number of carbonyl (C=O) groups excluding carboxylic acids is 3. The van der Waals surface area contributed by atoms with Crippen molar-refractivity contribution in [1.82, 2.24) is 10.6 Å². The Hall–Kier alpha value is -1.83. The minimum Gasteiger partial charge on any atom is -0.469 e. The molecule has 0 spiro atoms. The van der Waals surface area contributed by atoms with Crippen LogP contribution in [0.1, 0.15) is 60.8 Å². The van der Waals surface area contributed by atoms with Gasteiger partial charge < -0.3 is 25.2 Å². The number of esters is 1. The molecule has 3 N–H and O–H groups in total. The molecule has 0 aromatic rings. The predicted octanol–water partition coefficient (Wildman–Crippen LogP) is 1.99. The van der Waals surface area contributed by atoms with Crippen LogP contribution in [0.5, 0.6) is 0 Å². The number of aliphatic hydroxyl groups is 1. The molecule has 0 unspecified atom stereocenters. The molecule has 0 saturated heterocycles. The maximum atomic E-state index is 12.3. The van der Waals surface area contributed by atoms with E-state index < -0.39 is 47.7 Å². The van der Waals surface area contributed by atoms with Crippen molar-refractivity contribution in [2.45, 2.75) is 84.6 Å². The van der Waals surface area contributed by atoms with E-state index in [-0.39, 0.29) is 18.2 Å². The molecule has 1 aliphatic carbocycles. The van der Waals surface area contributed by atoms with Gasteiger partial charge in [-0.2, -0.15) is 0 Å². The molecule has 0 heterocycles. The Morgan fingerprint density at radius 1 is 1.18 bits per heavy atom. The average Bonchev–Trinajstić information content (AvgIpc) is 2.88. The highest BCUT2D eigenvalue weighted by molar-refractivity contribution is 5.75. The lowest BCUT2D eigenvalue weighted by Gasteiger charge is -2.36. The lowest BCUT2D eigenvalue weighted by atomic mass is 9.80. The summed E-state index contributed by atoms with van der Waals surface area (Å²) in [5.41, 5.74) is -0.676. The molecular weight excluding hydrogens is 364 g/mol. The van der Waals surface area contributed by atoms with E-state index in [1.54, 1.807) is 20.8 Å². The second-order valence-corrected chi connectivity index (χ2v) is 8.49. The summed E-state index contributed by atoms with van der Waals surface area (Å²) >= 11 is 0. The summed E-state index contributed by atoms with van der Waals surface area (Å²) in [5.74, 6) is -1.98. The highest BCUT2D eigenvalue weighted by atomic mass is 16.6. The van der Waals surface area contributed by atoms with E-state index in [2.05, 4.69) is 10.6 Å². The largest absolute Gasteiger partial charge is 0.469 e. The number of nitrogens with one attached hydrogen (secondary N) is 2. The third-order valence-electron chi connectivity index (χ3n) is 5.33. The Labute approximate surface area is 167 Å². The van der Waals surface area contributed by atoms with Crippen LogP contribution in [-0.2, 0) is 19.1 Å². The van der Waals surface area contributed by atoms with Gasteiger partial charge in [0.25, 0.3) is 0 Å². The number of methoxy groups -OCH3 is 1. The summed E-state index contributed by atoms with van der Waals surface area (Å²) in [7, 11) is 1.27. The molecule has 1 saturated carbocycles. The van der Waals surface area contributed by atoms with Crippen LogP contribution in [0.15, 0.2) is 0 Å². The van der Waals surface area contributed by atoms with Gasteiger partial charge in [0, 0.05) is 24.9 Å². The van der Waals surface area contributed by atoms with Gasteiger partial charge in [-0.25, -0.2) is 4.79 Å². The molecule has 28 heavy (non-hydrogen) atoms. The van der Waals surface area contributed by atoms with E-state index in [0.717, 1.165) is 12.8 Å². The fourth-order valence-corrected chi connectivity index (χ4v) is 4.10. The maximum absolute atomic E-state index is 12.3. The Morgan fingerprint density at radius 2 is 1.75 bits per heavy atom. The summed E-state index contributed by atoms with van der Waals surface area (Å²) in [5, 5.41) is 16.7. The van der Waals surface area contributed by atoms with Crippen LogP contribution >= 0.6 is 0 Å². The van der Waals surface area contributed by atoms with Crippen LogP contribution < -0.4 is 10.6 Å². The van der Waals surface area contributed by atoms with Gasteiger partial charge in [0.2, 0.25) is 5.91 Å².